The first-order valence-electron chi connectivity index (χ1n) is 5.84. The molecule has 0 bridgehead atoms. The molecule has 0 aromatic heterocycles. The summed E-state index contributed by atoms with van der Waals surface area (Å²) < 4.78 is 0. The Morgan fingerprint density at radius 1 is 1.28 bits per heavy atom. The summed E-state index contributed by atoms with van der Waals surface area (Å²) in [5.74, 6) is -1.98. The number of nitrogens with one attached hydrogen (secondary N) is 2. The van der Waals surface area contributed by atoms with Gasteiger partial charge in [-0.05, 0) is 18.3 Å². The van der Waals surface area contributed by atoms with Gasteiger partial charge in [0.15, 0.2) is 0 Å². The Morgan fingerprint density at radius 2 is 1.94 bits per heavy atom. The Balaban J connectivity index is 2.42. The average Bonchev–Trinajstić information content (AvgIpc) is 2.55. The molecule has 18 heavy (non-hydrogen) atoms. The van der Waals surface area contributed by atoms with Crippen molar-refractivity contribution in [3.05, 3.63) is 12.2 Å². The standard InChI is InChI=1S/C12H18N2O4/c1-12(2)7-3-4-8(12)13-11(18)14-9(15)5-6-10(16)17/h5-6,8H,3-4,7H2,1-2H3,(H,16,17)(H2,13,14,15,18). The van der Waals surface area contributed by atoms with Gasteiger partial charge in [0.05, 0.1) is 0 Å². The number of carbonyl (C=O) groups is 3. The van der Waals surface area contributed by atoms with Crippen LogP contribution < -0.4 is 10.6 Å². The van der Waals surface area contributed by atoms with E-state index in [9.17, 15) is 14.4 Å². The number of carboxylic acids is 1. The zero-order valence-electron chi connectivity index (χ0n) is 10.5. The predicted molar refractivity (Wildman–Crippen MR) is 64.9 cm³/mol. The molecule has 1 unspecified atom stereocenters. The number of hydrogen-bond acceptors (Lipinski definition) is 3. The summed E-state index contributed by atoms with van der Waals surface area (Å²) in [6.45, 7) is 4.13. The summed E-state index contributed by atoms with van der Waals surface area (Å²) in [4.78, 5) is 32.9. The van der Waals surface area contributed by atoms with E-state index in [0.29, 0.717) is 6.08 Å². The third kappa shape index (κ3) is 4.20. The van der Waals surface area contributed by atoms with Gasteiger partial charge in [-0.15, -0.1) is 0 Å². The van der Waals surface area contributed by atoms with Gasteiger partial charge >= 0.3 is 12.0 Å². The normalized spacial score (nSPS) is 21.8. The molecule has 6 nitrogen and oxygen atoms in total. The van der Waals surface area contributed by atoms with Crippen LogP contribution in [0.15, 0.2) is 12.2 Å². The molecule has 0 spiro atoms. The van der Waals surface area contributed by atoms with Gasteiger partial charge < -0.3 is 10.4 Å². The van der Waals surface area contributed by atoms with Crippen LogP contribution in [0.1, 0.15) is 33.1 Å². The van der Waals surface area contributed by atoms with Gasteiger partial charge in [0.1, 0.15) is 0 Å². The summed E-state index contributed by atoms with van der Waals surface area (Å²) in [7, 11) is 0. The Hall–Kier alpha value is -1.85. The molecular weight excluding hydrogens is 236 g/mol. The maximum absolute atomic E-state index is 11.5. The number of rotatable bonds is 3. The monoisotopic (exact) mass is 254 g/mol. The SMILES string of the molecule is CC1(C)CCCC1NC(=O)NC(=O)C=CC(=O)O. The van der Waals surface area contributed by atoms with E-state index in [1.54, 1.807) is 0 Å². The van der Waals surface area contributed by atoms with Gasteiger partial charge in [-0.3, -0.25) is 10.1 Å². The van der Waals surface area contributed by atoms with Crippen molar-refractivity contribution in [2.75, 3.05) is 0 Å². The minimum atomic E-state index is -1.23. The van der Waals surface area contributed by atoms with Gasteiger partial charge in [-0.25, -0.2) is 9.59 Å². The molecule has 6 heteroatoms. The molecular formula is C12H18N2O4. The van der Waals surface area contributed by atoms with Crippen LogP contribution in [0.4, 0.5) is 4.79 Å². The van der Waals surface area contributed by atoms with E-state index in [1.165, 1.54) is 0 Å². The lowest BCUT2D eigenvalue weighted by atomic mass is 9.87. The van der Waals surface area contributed by atoms with E-state index in [-0.39, 0.29) is 11.5 Å². The van der Waals surface area contributed by atoms with Crippen LogP contribution >= 0.6 is 0 Å². The number of carboxylic acid groups (broad SMARTS) is 1. The van der Waals surface area contributed by atoms with Crippen LogP contribution in [0.2, 0.25) is 0 Å². The second kappa shape index (κ2) is 5.66. The molecule has 1 rings (SSSR count). The summed E-state index contributed by atoms with van der Waals surface area (Å²) in [5.41, 5.74) is 0.0251. The summed E-state index contributed by atoms with van der Waals surface area (Å²) in [5, 5.41) is 13.1. The van der Waals surface area contributed by atoms with E-state index in [4.69, 9.17) is 5.11 Å². The summed E-state index contributed by atoms with van der Waals surface area (Å²) in [6.07, 6.45) is 4.46. The van der Waals surface area contributed by atoms with Crippen molar-refractivity contribution in [3.63, 3.8) is 0 Å². The highest BCUT2D eigenvalue weighted by atomic mass is 16.4. The first-order chi connectivity index (χ1) is 8.31. The first kappa shape index (κ1) is 14.2. The lowest BCUT2D eigenvalue weighted by molar-refractivity contribution is -0.131. The maximum atomic E-state index is 11.5. The highest BCUT2D eigenvalue weighted by molar-refractivity contribution is 6.02. The van der Waals surface area contributed by atoms with Crippen LogP contribution in [-0.4, -0.2) is 29.1 Å². The van der Waals surface area contributed by atoms with Crippen LogP contribution in [0.3, 0.4) is 0 Å². The van der Waals surface area contributed by atoms with Crippen LogP contribution in [0, 0.1) is 5.41 Å². The van der Waals surface area contributed by atoms with Crippen LogP contribution in [0.5, 0.6) is 0 Å². The van der Waals surface area contributed by atoms with Gasteiger partial charge in [-0.2, -0.15) is 0 Å². The Bertz CT molecular complexity index is 388. The highest BCUT2D eigenvalue weighted by Crippen LogP contribution is 2.36. The largest absolute Gasteiger partial charge is 0.478 e. The number of hydrogen-bond donors (Lipinski definition) is 3. The van der Waals surface area contributed by atoms with Gasteiger partial charge in [0.25, 0.3) is 5.91 Å². The van der Waals surface area contributed by atoms with Crippen molar-refractivity contribution in [2.24, 2.45) is 5.41 Å². The summed E-state index contributed by atoms with van der Waals surface area (Å²) >= 11 is 0. The third-order valence-electron chi connectivity index (χ3n) is 3.18. The van der Waals surface area contributed by atoms with Crippen molar-refractivity contribution in [1.82, 2.24) is 10.6 Å². The number of amides is 3. The second-order valence-corrected chi connectivity index (χ2v) is 5.07. The number of aliphatic carboxylic acids is 1. The Labute approximate surface area is 105 Å². The fraction of sp³-hybridized carbons (Fsp3) is 0.583. The maximum Gasteiger partial charge on any atom is 0.328 e. The molecule has 0 aromatic rings. The topological polar surface area (TPSA) is 95.5 Å². The molecule has 1 atom stereocenters. The minimum absolute atomic E-state index is 0.0251. The van der Waals surface area contributed by atoms with Gasteiger partial charge in [0.2, 0.25) is 0 Å². The minimum Gasteiger partial charge on any atom is -0.478 e. The van der Waals surface area contributed by atoms with Gasteiger partial charge in [0, 0.05) is 18.2 Å². The van der Waals surface area contributed by atoms with E-state index in [0.717, 1.165) is 25.3 Å². The lowest BCUT2D eigenvalue weighted by Crippen LogP contribution is -2.47. The first-order valence-corrected chi connectivity index (χ1v) is 5.84. The fourth-order valence-electron chi connectivity index (χ4n) is 2.09. The average molecular weight is 254 g/mol. The van der Waals surface area contributed by atoms with Crippen molar-refractivity contribution in [3.8, 4) is 0 Å². The van der Waals surface area contributed by atoms with Gasteiger partial charge in [-0.1, -0.05) is 20.3 Å². The van der Waals surface area contributed by atoms with Crippen LogP contribution in [-0.2, 0) is 9.59 Å². The highest BCUT2D eigenvalue weighted by Gasteiger charge is 2.35. The molecule has 1 aliphatic rings. The third-order valence-corrected chi connectivity index (χ3v) is 3.18. The second-order valence-electron chi connectivity index (χ2n) is 5.07. The molecule has 3 N–H and O–H groups in total. The fourth-order valence-corrected chi connectivity index (χ4v) is 2.09. The number of urea groups is 1. The molecule has 1 fully saturated rings. The van der Waals surface area contributed by atoms with E-state index >= 15 is 0 Å². The molecule has 0 aliphatic heterocycles. The van der Waals surface area contributed by atoms with E-state index in [2.05, 4.69) is 24.5 Å². The zero-order valence-corrected chi connectivity index (χ0v) is 10.5. The molecule has 0 heterocycles. The van der Waals surface area contributed by atoms with Crippen molar-refractivity contribution < 1.29 is 19.5 Å². The predicted octanol–water partition coefficient (Wildman–Crippen LogP) is 1.03. The zero-order chi connectivity index (χ0) is 13.8. The van der Waals surface area contributed by atoms with Crippen molar-refractivity contribution in [1.29, 1.82) is 0 Å². The molecule has 3 amide bonds. The molecule has 1 saturated carbocycles. The lowest BCUT2D eigenvalue weighted by Gasteiger charge is -2.27. The number of imide groups is 1. The number of carbonyl (C=O) groups excluding carboxylic acids is 2. The van der Waals surface area contributed by atoms with E-state index in [1.807, 2.05) is 0 Å². The molecule has 1 aliphatic carbocycles. The summed E-state index contributed by atoms with van der Waals surface area (Å²) in [6, 6.07) is -0.552. The molecule has 0 radical (unpaired) electrons. The smallest absolute Gasteiger partial charge is 0.328 e. The van der Waals surface area contributed by atoms with Crippen molar-refractivity contribution in [2.45, 2.75) is 39.2 Å². The molecule has 0 aromatic carbocycles. The van der Waals surface area contributed by atoms with Crippen LogP contribution in [0.25, 0.3) is 0 Å². The molecule has 100 valence electrons. The van der Waals surface area contributed by atoms with E-state index < -0.39 is 17.9 Å². The Kier molecular flexibility index (Phi) is 4.47. The Morgan fingerprint density at radius 3 is 2.44 bits per heavy atom. The van der Waals surface area contributed by atoms with Crippen molar-refractivity contribution >= 4 is 17.9 Å². The quantitative estimate of drug-likeness (QED) is 0.655. The molecule has 0 saturated heterocycles.